The van der Waals surface area contributed by atoms with Gasteiger partial charge in [-0.3, -0.25) is 9.59 Å². The molecular weight excluding hydrogens is 360 g/mol. The molecular formula is C22H30O6. The number of aliphatic hydroxyl groups excluding tert-OH is 1. The minimum atomic E-state index is -1.05. The molecule has 0 aromatic heterocycles. The third kappa shape index (κ3) is 2.39. The molecule has 0 aromatic carbocycles. The molecule has 7 atom stereocenters. The van der Waals surface area contributed by atoms with Crippen molar-refractivity contribution in [3.05, 3.63) is 23.2 Å². The van der Waals surface area contributed by atoms with E-state index in [1.165, 1.54) is 14.2 Å². The summed E-state index contributed by atoms with van der Waals surface area (Å²) in [6, 6.07) is 0. The van der Waals surface area contributed by atoms with Crippen LogP contribution in [-0.2, 0) is 23.9 Å². The molecule has 1 fully saturated rings. The Bertz CT molecular complexity index is 780. The predicted octanol–water partition coefficient (Wildman–Crippen LogP) is 2.45. The van der Waals surface area contributed by atoms with Gasteiger partial charge in [-0.25, -0.2) is 0 Å². The summed E-state index contributed by atoms with van der Waals surface area (Å²) in [5, 5.41) is 11.2. The molecule has 3 aliphatic rings. The monoisotopic (exact) mass is 390 g/mol. The third-order valence-corrected chi connectivity index (χ3v) is 7.82. The highest BCUT2D eigenvalue weighted by molar-refractivity contribution is 6.07. The number of Topliss-reactive ketones (excluding diaryl/α,β-unsaturated/α-hetero) is 2. The van der Waals surface area contributed by atoms with E-state index in [1.54, 1.807) is 13.0 Å². The first-order valence-electron chi connectivity index (χ1n) is 9.81. The lowest BCUT2D eigenvalue weighted by atomic mass is 9.40. The quantitative estimate of drug-likeness (QED) is 0.742. The van der Waals surface area contributed by atoms with Crippen molar-refractivity contribution < 1.29 is 29.0 Å². The smallest absolute Gasteiger partial charge is 0.203 e. The number of hydrogen-bond donors (Lipinski definition) is 1. The summed E-state index contributed by atoms with van der Waals surface area (Å²) in [6.45, 7) is 7.42. The lowest BCUT2D eigenvalue weighted by molar-refractivity contribution is -0.188. The van der Waals surface area contributed by atoms with Crippen LogP contribution < -0.4 is 0 Å². The molecule has 3 aliphatic carbocycles. The van der Waals surface area contributed by atoms with E-state index >= 15 is 0 Å². The van der Waals surface area contributed by atoms with E-state index in [4.69, 9.17) is 9.47 Å². The zero-order valence-electron chi connectivity index (χ0n) is 17.4. The maximum atomic E-state index is 13.6. The highest BCUT2D eigenvalue weighted by atomic mass is 16.5. The Morgan fingerprint density at radius 3 is 2.43 bits per heavy atom. The fourth-order valence-electron chi connectivity index (χ4n) is 6.44. The topological polar surface area (TPSA) is 89.9 Å². The van der Waals surface area contributed by atoms with Gasteiger partial charge in [0.25, 0.3) is 0 Å². The lowest BCUT2D eigenvalue weighted by Crippen LogP contribution is -2.67. The van der Waals surface area contributed by atoms with E-state index in [2.05, 4.69) is 0 Å². The SMILES string of the molecule is COC1=CC(C)C2CC(O)C3(C)C(CC=O)C(C)=C(OC)C(=O)C3C2(C)C1=O. The number of aldehydes is 1. The summed E-state index contributed by atoms with van der Waals surface area (Å²) >= 11 is 0. The van der Waals surface area contributed by atoms with E-state index < -0.39 is 22.9 Å². The fourth-order valence-corrected chi connectivity index (χ4v) is 6.44. The molecule has 0 amide bonds. The van der Waals surface area contributed by atoms with Gasteiger partial charge in [-0.05, 0) is 42.7 Å². The van der Waals surface area contributed by atoms with Crippen LogP contribution in [0.15, 0.2) is 23.2 Å². The summed E-state index contributed by atoms with van der Waals surface area (Å²) in [5.41, 5.74) is -1.32. The molecule has 1 saturated carbocycles. The summed E-state index contributed by atoms with van der Waals surface area (Å²) in [6.07, 6.45) is 2.34. The number of ether oxygens (including phenoxy) is 2. The average Bonchev–Trinajstić information content (AvgIpc) is 2.64. The van der Waals surface area contributed by atoms with Crippen LogP contribution in [0, 0.1) is 34.5 Å². The summed E-state index contributed by atoms with van der Waals surface area (Å²) < 4.78 is 10.8. The molecule has 0 saturated heterocycles. The van der Waals surface area contributed by atoms with Gasteiger partial charge in [0.1, 0.15) is 6.29 Å². The molecule has 154 valence electrons. The zero-order valence-corrected chi connectivity index (χ0v) is 17.4. The highest BCUT2D eigenvalue weighted by Gasteiger charge is 2.69. The number of fused-ring (bicyclic) bond motifs is 3. The first-order chi connectivity index (χ1) is 13.1. The van der Waals surface area contributed by atoms with Crippen LogP contribution in [0.5, 0.6) is 0 Å². The van der Waals surface area contributed by atoms with Gasteiger partial charge in [0.2, 0.25) is 11.6 Å². The van der Waals surface area contributed by atoms with Crippen LogP contribution in [0.4, 0.5) is 0 Å². The molecule has 0 aliphatic heterocycles. The Morgan fingerprint density at radius 2 is 1.89 bits per heavy atom. The molecule has 0 radical (unpaired) electrons. The van der Waals surface area contributed by atoms with Crippen molar-refractivity contribution in [1.82, 2.24) is 0 Å². The number of hydrogen-bond acceptors (Lipinski definition) is 6. The molecule has 0 spiro atoms. The first kappa shape index (κ1) is 20.8. The van der Waals surface area contributed by atoms with Gasteiger partial charge in [-0.15, -0.1) is 0 Å². The zero-order chi connectivity index (χ0) is 21.0. The summed E-state index contributed by atoms with van der Waals surface area (Å²) in [5.74, 6) is -1.44. The molecule has 1 N–H and O–H groups in total. The van der Waals surface area contributed by atoms with E-state index in [0.29, 0.717) is 12.0 Å². The van der Waals surface area contributed by atoms with Crippen molar-refractivity contribution in [2.75, 3.05) is 14.2 Å². The van der Waals surface area contributed by atoms with Crippen molar-refractivity contribution in [3.63, 3.8) is 0 Å². The second-order valence-corrected chi connectivity index (χ2v) is 8.90. The van der Waals surface area contributed by atoms with Crippen LogP contribution >= 0.6 is 0 Å². The van der Waals surface area contributed by atoms with Gasteiger partial charge in [0, 0.05) is 23.2 Å². The van der Waals surface area contributed by atoms with Crippen LogP contribution in [0.25, 0.3) is 0 Å². The number of carbonyl (C=O) groups is 3. The fraction of sp³-hybridized carbons (Fsp3) is 0.682. The number of ketones is 2. The minimum Gasteiger partial charge on any atom is -0.493 e. The third-order valence-electron chi connectivity index (χ3n) is 7.82. The number of methoxy groups -OCH3 is 2. The van der Waals surface area contributed by atoms with Gasteiger partial charge in [0.05, 0.1) is 20.3 Å². The van der Waals surface area contributed by atoms with Crippen LogP contribution in [-0.4, -0.2) is 43.3 Å². The minimum absolute atomic E-state index is 0.0350. The number of carbonyl (C=O) groups excluding carboxylic acids is 3. The largest absolute Gasteiger partial charge is 0.493 e. The maximum Gasteiger partial charge on any atom is 0.203 e. The lowest BCUT2D eigenvalue weighted by Gasteiger charge is -2.62. The van der Waals surface area contributed by atoms with Gasteiger partial charge < -0.3 is 19.4 Å². The number of aliphatic hydroxyl groups is 1. The van der Waals surface area contributed by atoms with Crippen LogP contribution in [0.1, 0.15) is 40.5 Å². The number of rotatable bonds is 4. The van der Waals surface area contributed by atoms with Crippen molar-refractivity contribution in [1.29, 1.82) is 0 Å². The van der Waals surface area contributed by atoms with Gasteiger partial charge in [-0.2, -0.15) is 0 Å². The maximum absolute atomic E-state index is 13.6. The molecule has 0 aromatic rings. The van der Waals surface area contributed by atoms with Crippen molar-refractivity contribution in [2.45, 2.75) is 46.6 Å². The van der Waals surface area contributed by atoms with Crippen molar-refractivity contribution >= 4 is 17.9 Å². The molecule has 7 unspecified atom stereocenters. The van der Waals surface area contributed by atoms with Gasteiger partial charge in [-0.1, -0.05) is 20.8 Å². The Hall–Kier alpha value is -1.95. The Morgan fingerprint density at radius 1 is 1.25 bits per heavy atom. The molecule has 3 rings (SSSR count). The van der Waals surface area contributed by atoms with Crippen LogP contribution in [0.2, 0.25) is 0 Å². The Balaban J connectivity index is 2.30. The van der Waals surface area contributed by atoms with E-state index in [1.807, 2.05) is 20.8 Å². The molecule has 0 bridgehead atoms. The van der Waals surface area contributed by atoms with Gasteiger partial charge in [0.15, 0.2) is 11.5 Å². The van der Waals surface area contributed by atoms with Crippen molar-refractivity contribution in [2.24, 2.45) is 34.5 Å². The van der Waals surface area contributed by atoms with E-state index in [9.17, 15) is 19.5 Å². The molecule has 28 heavy (non-hydrogen) atoms. The van der Waals surface area contributed by atoms with E-state index in [0.717, 1.165) is 6.29 Å². The second-order valence-electron chi connectivity index (χ2n) is 8.90. The molecule has 6 nitrogen and oxygen atoms in total. The first-order valence-corrected chi connectivity index (χ1v) is 9.81. The summed E-state index contributed by atoms with van der Waals surface area (Å²) in [4.78, 5) is 38.6. The van der Waals surface area contributed by atoms with Crippen molar-refractivity contribution in [3.8, 4) is 0 Å². The Kier molecular flexibility index (Phi) is 5.07. The van der Waals surface area contributed by atoms with Gasteiger partial charge >= 0.3 is 0 Å². The average molecular weight is 390 g/mol. The standard InChI is InChI=1S/C22H30O6/c1-11-9-15(27-5)20(26)22(4)14(11)10-16(24)21(3)13(7-8-23)12(2)18(28-6)17(25)19(21)22/h8-9,11,13-14,16,19,24H,7,10H2,1-6H3. The molecule has 0 heterocycles. The second kappa shape index (κ2) is 6.83. The summed E-state index contributed by atoms with van der Waals surface area (Å²) in [7, 11) is 2.89. The normalized spacial score (nSPS) is 43.1. The number of allylic oxidation sites excluding steroid dienone is 4. The Labute approximate surface area is 166 Å². The highest BCUT2D eigenvalue weighted by Crippen LogP contribution is 2.65. The predicted molar refractivity (Wildman–Crippen MR) is 102 cm³/mol. The van der Waals surface area contributed by atoms with Crippen LogP contribution in [0.3, 0.4) is 0 Å². The van der Waals surface area contributed by atoms with E-state index in [-0.39, 0.29) is 47.3 Å². The molecule has 6 heteroatoms.